The van der Waals surface area contributed by atoms with Crippen LogP contribution in [-0.4, -0.2) is 16.9 Å². The van der Waals surface area contributed by atoms with Crippen molar-refractivity contribution in [1.29, 1.82) is 0 Å². The Morgan fingerprint density at radius 1 is 1.36 bits per heavy atom. The van der Waals surface area contributed by atoms with Crippen molar-refractivity contribution >= 4 is 28.0 Å². The fourth-order valence-corrected chi connectivity index (χ4v) is 15.9. The van der Waals surface area contributed by atoms with E-state index in [0.29, 0.717) is 0 Å². The van der Waals surface area contributed by atoms with Crippen molar-refractivity contribution in [3.63, 3.8) is 0 Å². The van der Waals surface area contributed by atoms with Crippen LogP contribution in [0.4, 0.5) is 0 Å². The lowest BCUT2D eigenvalue weighted by Crippen LogP contribution is -2.57. The van der Waals surface area contributed by atoms with Gasteiger partial charge >= 0.3 is 0 Å². The van der Waals surface area contributed by atoms with Crippen LogP contribution in [0.25, 0.3) is 0 Å². The molecule has 3 heteroatoms. The first-order valence-electron chi connectivity index (χ1n) is 4.83. The van der Waals surface area contributed by atoms with Gasteiger partial charge in [-0.15, -0.1) is 0 Å². The van der Waals surface area contributed by atoms with Crippen molar-refractivity contribution < 1.29 is 0 Å². The maximum atomic E-state index is 6.69. The van der Waals surface area contributed by atoms with Gasteiger partial charge in [-0.1, -0.05) is 39.3 Å². The number of rotatable bonds is 3. The van der Waals surface area contributed by atoms with E-state index >= 15 is 0 Å². The fourth-order valence-electron chi connectivity index (χ4n) is 2.54. The summed E-state index contributed by atoms with van der Waals surface area (Å²) in [6.45, 7) is 6.98. The minimum atomic E-state index is -1.22. The van der Waals surface area contributed by atoms with Crippen molar-refractivity contribution in [1.82, 2.24) is 0 Å². The van der Waals surface area contributed by atoms with Crippen LogP contribution in [0.2, 0.25) is 16.4 Å². The van der Waals surface area contributed by atoms with Crippen LogP contribution >= 0.6 is 11.1 Å². The van der Waals surface area contributed by atoms with Gasteiger partial charge in [-0.25, -0.2) is 0 Å². The lowest BCUT2D eigenvalue weighted by Gasteiger charge is -2.53. The molecule has 0 spiro atoms. The Kier molecular flexibility index (Phi) is 2.88. The van der Waals surface area contributed by atoms with Crippen molar-refractivity contribution in [2.24, 2.45) is 0 Å². The number of halogens is 1. The van der Waals surface area contributed by atoms with E-state index in [1.54, 1.807) is 0 Å². The molecule has 0 aromatic carbocycles. The maximum absolute atomic E-state index is 6.69. The van der Waals surface area contributed by atoms with Gasteiger partial charge in [0.05, 0.1) is 0 Å². The third-order valence-corrected chi connectivity index (χ3v) is 20.9. The van der Waals surface area contributed by atoms with E-state index in [1.165, 1.54) is 24.6 Å². The predicted molar refractivity (Wildman–Crippen MR) is 58.7 cm³/mol. The molecule has 1 atom stereocenters. The molecule has 0 aliphatic carbocycles. The van der Waals surface area contributed by atoms with Crippen LogP contribution in [-0.2, 0) is 0 Å². The van der Waals surface area contributed by atoms with Crippen LogP contribution in [0, 0.1) is 0 Å². The van der Waals surface area contributed by atoms with E-state index in [4.69, 9.17) is 11.1 Å². The van der Waals surface area contributed by atoms with Crippen LogP contribution in [0.3, 0.4) is 0 Å². The van der Waals surface area contributed by atoms with Gasteiger partial charge in [0.15, 0.2) is 7.38 Å². The van der Waals surface area contributed by atoms with Crippen LogP contribution in [0.5, 0.6) is 0 Å². The third kappa shape index (κ3) is 1.23. The average molecular weight is 207 g/mol. The molecule has 66 valence electrons. The van der Waals surface area contributed by atoms with E-state index in [0.717, 1.165) is 4.66 Å². The van der Waals surface area contributed by atoms with Crippen LogP contribution in [0.1, 0.15) is 33.6 Å². The van der Waals surface area contributed by atoms with Gasteiger partial charge < -0.3 is 0 Å². The molecule has 1 heterocycles. The summed E-state index contributed by atoms with van der Waals surface area (Å²) < 4.78 is 0.753. The van der Waals surface area contributed by atoms with Gasteiger partial charge in [-0.3, -0.25) is 0 Å². The zero-order valence-electron chi connectivity index (χ0n) is 7.91. The van der Waals surface area contributed by atoms with Crippen molar-refractivity contribution in [3.8, 4) is 0 Å². The first-order valence-corrected chi connectivity index (χ1v) is 9.96. The summed E-state index contributed by atoms with van der Waals surface area (Å²) in [5, 5.41) is 0. The molecular formula is C8H19ClSi2. The standard InChI is InChI=1S/C8H19ClSi2/c1-4-8(5-2)10-7-11(8,9)6-3/h4-7,10H2,1-3H3. The molecule has 0 bridgehead atoms. The predicted octanol–water partition coefficient (Wildman–Crippen LogP) is 2.85. The molecule has 0 aromatic heterocycles. The highest BCUT2D eigenvalue weighted by Crippen LogP contribution is 2.58. The molecular weight excluding hydrogens is 188 g/mol. The highest BCUT2D eigenvalue weighted by Gasteiger charge is 2.56. The quantitative estimate of drug-likeness (QED) is 0.492. The van der Waals surface area contributed by atoms with Gasteiger partial charge in [0, 0.05) is 9.52 Å². The highest BCUT2D eigenvalue weighted by atomic mass is 35.6. The molecule has 0 N–H and O–H groups in total. The maximum Gasteiger partial charge on any atom is 0.156 e. The Bertz CT molecular complexity index is 136. The van der Waals surface area contributed by atoms with Gasteiger partial charge in [0.1, 0.15) is 0 Å². The van der Waals surface area contributed by atoms with E-state index in [-0.39, 0.29) is 9.52 Å². The SMILES string of the molecule is CCC1(CC)[SiH2]C[Si]1(Cl)CC. The Hall–Kier alpha value is 0.724. The third-order valence-electron chi connectivity index (χ3n) is 3.86. The number of hydrogen-bond donors (Lipinski definition) is 0. The second kappa shape index (κ2) is 3.23. The van der Waals surface area contributed by atoms with Crippen molar-refractivity contribution in [2.45, 2.75) is 50.0 Å². The molecule has 11 heavy (non-hydrogen) atoms. The summed E-state index contributed by atoms with van der Waals surface area (Å²) in [7, 11) is -0.990. The Morgan fingerprint density at radius 2 is 1.91 bits per heavy atom. The second-order valence-electron chi connectivity index (χ2n) is 3.81. The van der Waals surface area contributed by atoms with Crippen molar-refractivity contribution in [3.05, 3.63) is 0 Å². The summed E-state index contributed by atoms with van der Waals surface area (Å²) >= 11 is 6.69. The molecule has 0 nitrogen and oxygen atoms in total. The molecule has 0 aromatic rings. The minimum absolute atomic E-state index is 0.227. The van der Waals surface area contributed by atoms with Gasteiger partial charge in [-0.05, 0) is 10.7 Å². The Morgan fingerprint density at radius 3 is 2.00 bits per heavy atom. The summed E-state index contributed by atoms with van der Waals surface area (Å²) in [5.41, 5.74) is 1.51. The van der Waals surface area contributed by atoms with E-state index in [2.05, 4.69) is 20.8 Å². The van der Waals surface area contributed by atoms with E-state index < -0.39 is 7.38 Å². The van der Waals surface area contributed by atoms with Gasteiger partial charge in [0.2, 0.25) is 0 Å². The highest BCUT2D eigenvalue weighted by molar-refractivity contribution is 7.31. The molecule has 0 saturated carbocycles. The fraction of sp³-hybridized carbons (Fsp3) is 1.00. The lowest BCUT2D eigenvalue weighted by molar-refractivity contribution is 0.641. The monoisotopic (exact) mass is 206 g/mol. The van der Waals surface area contributed by atoms with Crippen LogP contribution in [0.15, 0.2) is 0 Å². The summed E-state index contributed by atoms with van der Waals surface area (Å²) in [6, 6.07) is 1.31. The first kappa shape index (κ1) is 9.81. The van der Waals surface area contributed by atoms with Gasteiger partial charge in [-0.2, -0.15) is 11.1 Å². The minimum Gasteiger partial charge on any atom is -0.167 e. The molecule has 1 rings (SSSR count). The summed E-state index contributed by atoms with van der Waals surface area (Å²) in [4.78, 5) is 0. The Balaban J connectivity index is 2.70. The summed E-state index contributed by atoms with van der Waals surface area (Å²) in [5.74, 6) is 0. The molecule has 1 fully saturated rings. The lowest BCUT2D eigenvalue weighted by atomic mass is 10.2. The average Bonchev–Trinajstić information content (AvgIpc) is 2.04. The molecule has 1 saturated heterocycles. The molecule has 0 radical (unpaired) electrons. The van der Waals surface area contributed by atoms with Crippen molar-refractivity contribution in [2.75, 3.05) is 0 Å². The molecule has 1 aliphatic rings. The zero-order valence-corrected chi connectivity index (χ0v) is 11.1. The first-order chi connectivity index (χ1) is 5.14. The molecule has 0 amide bonds. The zero-order chi connectivity index (χ0) is 8.54. The number of hydrogen-bond acceptors (Lipinski definition) is 0. The van der Waals surface area contributed by atoms with Gasteiger partial charge in [0.25, 0.3) is 0 Å². The van der Waals surface area contributed by atoms with E-state index in [1.807, 2.05) is 0 Å². The van der Waals surface area contributed by atoms with Crippen LogP contribution < -0.4 is 0 Å². The molecule has 1 aliphatic heterocycles. The summed E-state index contributed by atoms with van der Waals surface area (Å²) in [6.07, 6.45) is 2.75. The van der Waals surface area contributed by atoms with E-state index in [9.17, 15) is 0 Å². The topological polar surface area (TPSA) is 0 Å². The largest absolute Gasteiger partial charge is 0.167 e. The Labute approximate surface area is 78.3 Å². The smallest absolute Gasteiger partial charge is 0.156 e. The normalized spacial score (nSPS) is 37.1. The second-order valence-corrected chi connectivity index (χ2v) is 14.2. The molecule has 1 unspecified atom stereocenters.